The minimum absolute atomic E-state index is 0.229. The molecule has 2 amide bonds. The number of anilines is 3. The Bertz CT molecular complexity index is 1270. The van der Waals surface area contributed by atoms with Crippen molar-refractivity contribution in [1.82, 2.24) is 5.16 Å². The van der Waals surface area contributed by atoms with Crippen molar-refractivity contribution in [1.29, 1.82) is 0 Å². The average Bonchev–Trinajstić information content (AvgIpc) is 3.12. The quantitative estimate of drug-likeness (QED) is 0.364. The van der Waals surface area contributed by atoms with Gasteiger partial charge in [0.2, 0.25) is 5.88 Å². The fraction of sp³-hybridized carbons (Fsp3) is 0.0909. The van der Waals surface area contributed by atoms with Gasteiger partial charge in [0.25, 0.3) is 0 Å². The van der Waals surface area contributed by atoms with E-state index in [1.54, 1.807) is 12.1 Å². The number of hydrogen-bond donors (Lipinski definition) is 3. The van der Waals surface area contributed by atoms with Crippen molar-refractivity contribution in [2.45, 2.75) is 13.3 Å². The lowest BCUT2D eigenvalue weighted by atomic mass is 9.99. The zero-order valence-corrected chi connectivity index (χ0v) is 16.7. The Hall–Kier alpha value is -4.21. The van der Waals surface area contributed by atoms with Gasteiger partial charge >= 0.3 is 12.4 Å². The number of fused-ring (bicyclic) bond motifs is 1. The van der Waals surface area contributed by atoms with E-state index in [0.717, 1.165) is 34.2 Å². The molecule has 0 aliphatic heterocycles. The van der Waals surface area contributed by atoms with Gasteiger partial charge in [-0.25, -0.2) is 4.79 Å². The van der Waals surface area contributed by atoms with E-state index in [2.05, 4.69) is 20.5 Å². The molecule has 0 aliphatic rings. The number of nitrogens with two attached hydrogens (primary N) is 1. The number of benzene rings is 3. The van der Waals surface area contributed by atoms with E-state index in [0.29, 0.717) is 16.9 Å². The molecule has 1 heterocycles. The Balaban J connectivity index is 1.44. The fourth-order valence-corrected chi connectivity index (χ4v) is 3.21. The maximum absolute atomic E-state index is 12.2. The number of aryl methyl sites for hydroxylation is 1. The maximum atomic E-state index is 12.2. The number of carbonyl (C=O) groups excluding carboxylic acids is 1. The Kier molecular flexibility index (Phi) is 5.35. The Morgan fingerprint density at radius 3 is 2.16 bits per heavy atom. The van der Waals surface area contributed by atoms with Gasteiger partial charge in [-0.3, -0.25) is 0 Å². The highest BCUT2D eigenvalue weighted by Gasteiger charge is 2.31. The molecule has 1 aromatic heterocycles. The molecule has 0 radical (unpaired) electrons. The number of carbonyl (C=O) groups is 1. The monoisotopic (exact) mass is 442 g/mol. The van der Waals surface area contributed by atoms with Gasteiger partial charge in [-0.2, -0.15) is 0 Å². The molecule has 32 heavy (non-hydrogen) atoms. The van der Waals surface area contributed by atoms with Crippen molar-refractivity contribution in [2.75, 3.05) is 16.4 Å². The predicted octanol–water partition coefficient (Wildman–Crippen LogP) is 5.93. The van der Waals surface area contributed by atoms with Crippen LogP contribution in [0.4, 0.5) is 35.2 Å². The van der Waals surface area contributed by atoms with E-state index in [4.69, 9.17) is 10.3 Å². The first-order valence-corrected chi connectivity index (χ1v) is 9.38. The van der Waals surface area contributed by atoms with Crippen LogP contribution in [-0.4, -0.2) is 17.6 Å². The number of urea groups is 1. The highest BCUT2D eigenvalue weighted by atomic mass is 19.4. The molecule has 0 unspecified atom stereocenters. The van der Waals surface area contributed by atoms with Gasteiger partial charge in [0.1, 0.15) is 11.3 Å². The molecule has 0 spiro atoms. The Morgan fingerprint density at radius 2 is 1.56 bits per heavy atom. The molecule has 3 aromatic carbocycles. The summed E-state index contributed by atoms with van der Waals surface area (Å²) in [6, 6.07) is 15.2. The second-order valence-corrected chi connectivity index (χ2v) is 6.93. The number of alkyl halides is 3. The third-order valence-electron chi connectivity index (χ3n) is 4.66. The highest BCUT2D eigenvalue weighted by molar-refractivity contribution is 6.03. The van der Waals surface area contributed by atoms with Gasteiger partial charge in [0.05, 0.1) is 5.39 Å². The van der Waals surface area contributed by atoms with Gasteiger partial charge in [-0.1, -0.05) is 29.4 Å². The van der Waals surface area contributed by atoms with Crippen molar-refractivity contribution in [3.8, 4) is 16.9 Å². The molecule has 0 fully saturated rings. The van der Waals surface area contributed by atoms with Crippen LogP contribution in [0.15, 0.2) is 65.2 Å². The third kappa shape index (κ3) is 4.59. The zero-order valence-electron chi connectivity index (χ0n) is 16.7. The zero-order chi connectivity index (χ0) is 22.9. The number of hydrogen-bond acceptors (Lipinski definition) is 5. The second-order valence-electron chi connectivity index (χ2n) is 6.93. The lowest BCUT2D eigenvalue weighted by Crippen LogP contribution is -2.19. The topological polar surface area (TPSA) is 102 Å². The van der Waals surface area contributed by atoms with Crippen molar-refractivity contribution in [3.63, 3.8) is 0 Å². The smallest absolute Gasteiger partial charge is 0.406 e. The molecule has 4 rings (SSSR count). The molecule has 4 N–H and O–H groups in total. The minimum Gasteiger partial charge on any atom is -0.406 e. The number of rotatable bonds is 4. The normalized spacial score (nSPS) is 11.4. The van der Waals surface area contributed by atoms with E-state index in [9.17, 15) is 18.0 Å². The van der Waals surface area contributed by atoms with Gasteiger partial charge in [-0.05, 0) is 60.0 Å². The number of halogens is 3. The SMILES string of the molecule is Cc1ccc(-c2ccc(NC(=O)Nc3ccc(OC(F)(F)F)cc3)cc2)c2c(N)onc12. The van der Waals surface area contributed by atoms with Crippen LogP contribution in [0, 0.1) is 6.92 Å². The van der Waals surface area contributed by atoms with Gasteiger partial charge < -0.3 is 25.6 Å². The summed E-state index contributed by atoms with van der Waals surface area (Å²) in [6.07, 6.45) is -4.78. The molecular formula is C22H17F3N4O3. The van der Waals surface area contributed by atoms with Crippen LogP contribution in [0.2, 0.25) is 0 Å². The minimum atomic E-state index is -4.78. The van der Waals surface area contributed by atoms with Crippen LogP contribution >= 0.6 is 0 Å². The van der Waals surface area contributed by atoms with Crippen molar-refractivity contribution in [3.05, 3.63) is 66.2 Å². The van der Waals surface area contributed by atoms with Crippen molar-refractivity contribution < 1.29 is 27.2 Å². The molecule has 4 aromatic rings. The molecule has 0 saturated heterocycles. The Morgan fingerprint density at radius 1 is 0.969 bits per heavy atom. The summed E-state index contributed by atoms with van der Waals surface area (Å²) in [4.78, 5) is 12.2. The molecule has 7 nitrogen and oxygen atoms in total. The fourth-order valence-electron chi connectivity index (χ4n) is 3.21. The third-order valence-corrected chi connectivity index (χ3v) is 4.66. The van der Waals surface area contributed by atoms with Gasteiger partial charge in [0.15, 0.2) is 0 Å². The number of aromatic nitrogens is 1. The summed E-state index contributed by atoms with van der Waals surface area (Å²) in [6.45, 7) is 1.91. The number of nitrogen functional groups attached to an aromatic ring is 1. The lowest BCUT2D eigenvalue weighted by molar-refractivity contribution is -0.274. The molecule has 0 aliphatic carbocycles. The van der Waals surface area contributed by atoms with Crippen molar-refractivity contribution >= 4 is 34.2 Å². The van der Waals surface area contributed by atoms with Crippen LogP contribution in [0.25, 0.3) is 22.0 Å². The summed E-state index contributed by atoms with van der Waals surface area (Å²) < 4.78 is 45.6. The lowest BCUT2D eigenvalue weighted by Gasteiger charge is -2.11. The van der Waals surface area contributed by atoms with E-state index >= 15 is 0 Å². The number of amides is 2. The second kappa shape index (κ2) is 8.14. The number of ether oxygens (including phenoxy) is 1. The maximum Gasteiger partial charge on any atom is 0.573 e. The summed E-state index contributed by atoms with van der Waals surface area (Å²) in [7, 11) is 0. The molecule has 10 heteroatoms. The standard InChI is InChI=1S/C22H17F3N4O3/c1-12-2-11-17(18-19(12)29-32-20(18)26)13-3-5-14(6-4-13)27-21(30)28-15-7-9-16(10-8-15)31-22(23,24)25/h2-11H,26H2,1H3,(H2,27,28,30). The summed E-state index contributed by atoms with van der Waals surface area (Å²) in [5, 5.41) is 9.91. The summed E-state index contributed by atoms with van der Waals surface area (Å²) in [5.74, 6) is -0.148. The molecule has 0 saturated carbocycles. The Labute approximate surface area is 179 Å². The summed E-state index contributed by atoms with van der Waals surface area (Å²) >= 11 is 0. The van der Waals surface area contributed by atoms with Crippen LogP contribution in [-0.2, 0) is 0 Å². The van der Waals surface area contributed by atoms with Crippen LogP contribution < -0.4 is 21.1 Å². The van der Waals surface area contributed by atoms with Crippen molar-refractivity contribution in [2.24, 2.45) is 0 Å². The largest absolute Gasteiger partial charge is 0.573 e. The highest BCUT2D eigenvalue weighted by Crippen LogP contribution is 2.34. The average molecular weight is 442 g/mol. The van der Waals surface area contributed by atoms with E-state index in [1.807, 2.05) is 31.2 Å². The van der Waals surface area contributed by atoms with Gasteiger partial charge in [-0.15, -0.1) is 13.2 Å². The first kappa shape index (κ1) is 21.0. The first-order chi connectivity index (χ1) is 15.2. The van der Waals surface area contributed by atoms with E-state index < -0.39 is 12.4 Å². The molecule has 0 bridgehead atoms. The number of nitrogens with zero attached hydrogens (tertiary/aromatic N) is 1. The van der Waals surface area contributed by atoms with E-state index in [-0.39, 0.29) is 11.6 Å². The predicted molar refractivity (Wildman–Crippen MR) is 114 cm³/mol. The van der Waals surface area contributed by atoms with Crippen LogP contribution in [0.5, 0.6) is 5.75 Å². The van der Waals surface area contributed by atoms with Crippen LogP contribution in [0.3, 0.4) is 0 Å². The number of nitrogens with one attached hydrogen (secondary N) is 2. The summed E-state index contributed by atoms with van der Waals surface area (Å²) in [5.41, 5.74) is 10.1. The van der Waals surface area contributed by atoms with Gasteiger partial charge in [0, 0.05) is 11.4 Å². The molecule has 0 atom stereocenters. The van der Waals surface area contributed by atoms with Crippen LogP contribution in [0.1, 0.15) is 5.56 Å². The van der Waals surface area contributed by atoms with E-state index in [1.165, 1.54) is 12.1 Å². The molecule has 164 valence electrons. The first-order valence-electron chi connectivity index (χ1n) is 9.38. The molecular weight excluding hydrogens is 425 g/mol.